The van der Waals surface area contributed by atoms with Gasteiger partial charge in [0.2, 0.25) is 0 Å². The average molecular weight is 489 g/mol. The maximum Gasteiger partial charge on any atom is 0.166 e. The Kier molecular flexibility index (Phi) is 9.73. The van der Waals surface area contributed by atoms with E-state index in [-0.39, 0.29) is 0 Å². The molecule has 0 spiro atoms. The first-order valence-electron chi connectivity index (χ1n) is 14.3. The second-order valence-electron chi connectivity index (χ2n) is 10.8. The fraction of sp³-hybridized carbons (Fsp3) is 0.471. The summed E-state index contributed by atoms with van der Waals surface area (Å²) in [5.41, 5.74) is 5.13. The molecule has 0 saturated heterocycles. The lowest BCUT2D eigenvalue weighted by Gasteiger charge is -2.28. The van der Waals surface area contributed by atoms with E-state index in [1.165, 1.54) is 63.4 Å². The van der Waals surface area contributed by atoms with Crippen molar-refractivity contribution in [2.75, 3.05) is 0 Å². The maximum absolute atomic E-state index is 14.7. The molecule has 1 aliphatic carbocycles. The fourth-order valence-corrected chi connectivity index (χ4v) is 5.84. The summed E-state index contributed by atoms with van der Waals surface area (Å²) in [4.78, 5) is 0. The molecule has 0 bridgehead atoms. The van der Waals surface area contributed by atoms with Crippen LogP contribution in [0.15, 0.2) is 60.7 Å². The largest absolute Gasteiger partial charge is 0.203 e. The highest BCUT2D eigenvalue weighted by atomic mass is 19.2. The van der Waals surface area contributed by atoms with Crippen molar-refractivity contribution in [1.29, 1.82) is 0 Å². The van der Waals surface area contributed by atoms with Crippen LogP contribution in [0.1, 0.15) is 89.2 Å². The van der Waals surface area contributed by atoms with Crippen molar-refractivity contribution in [3.05, 3.63) is 83.4 Å². The van der Waals surface area contributed by atoms with E-state index in [1.807, 2.05) is 31.2 Å². The van der Waals surface area contributed by atoms with Gasteiger partial charge in [0.05, 0.1) is 0 Å². The van der Waals surface area contributed by atoms with Crippen molar-refractivity contribution in [3.63, 3.8) is 0 Å². The third-order valence-electron chi connectivity index (χ3n) is 8.19. The van der Waals surface area contributed by atoms with Gasteiger partial charge in [0.15, 0.2) is 11.6 Å². The zero-order valence-electron chi connectivity index (χ0n) is 22.2. The van der Waals surface area contributed by atoms with Crippen LogP contribution in [-0.4, -0.2) is 0 Å². The molecule has 4 rings (SSSR count). The topological polar surface area (TPSA) is 0 Å². The van der Waals surface area contributed by atoms with Crippen molar-refractivity contribution < 1.29 is 8.78 Å². The molecule has 3 aromatic rings. The van der Waals surface area contributed by atoms with Crippen LogP contribution in [0, 0.1) is 23.5 Å². The van der Waals surface area contributed by atoms with E-state index in [4.69, 9.17) is 0 Å². The first-order valence-corrected chi connectivity index (χ1v) is 14.3. The van der Waals surface area contributed by atoms with Crippen LogP contribution in [0.4, 0.5) is 8.78 Å². The molecule has 0 N–H and O–H groups in total. The number of aryl methyl sites for hydroxylation is 2. The van der Waals surface area contributed by atoms with E-state index in [2.05, 4.69) is 31.2 Å². The minimum atomic E-state index is -0.747. The first kappa shape index (κ1) is 26.6. The lowest BCUT2D eigenvalue weighted by atomic mass is 9.78. The van der Waals surface area contributed by atoms with Crippen molar-refractivity contribution in [2.45, 2.75) is 90.9 Å². The van der Waals surface area contributed by atoms with Crippen molar-refractivity contribution in [2.24, 2.45) is 11.8 Å². The minimum Gasteiger partial charge on any atom is -0.203 e. The first-order chi connectivity index (χ1) is 17.6. The average Bonchev–Trinajstić information content (AvgIpc) is 2.92. The second-order valence-corrected chi connectivity index (χ2v) is 10.8. The summed E-state index contributed by atoms with van der Waals surface area (Å²) >= 11 is 0. The molecule has 0 aromatic heterocycles. The van der Waals surface area contributed by atoms with Crippen LogP contribution < -0.4 is 0 Å². The molecule has 0 nitrogen and oxygen atoms in total. The third kappa shape index (κ3) is 6.84. The van der Waals surface area contributed by atoms with Crippen molar-refractivity contribution >= 4 is 0 Å². The summed E-state index contributed by atoms with van der Waals surface area (Å²) in [5.74, 6) is 0.410. The predicted molar refractivity (Wildman–Crippen MR) is 149 cm³/mol. The Labute approximate surface area is 217 Å². The molecular formula is C34H42F2. The van der Waals surface area contributed by atoms with E-state index in [0.717, 1.165) is 35.8 Å². The van der Waals surface area contributed by atoms with Crippen LogP contribution in [0.2, 0.25) is 0 Å². The molecule has 0 unspecified atom stereocenters. The second kappa shape index (κ2) is 13.2. The van der Waals surface area contributed by atoms with Gasteiger partial charge >= 0.3 is 0 Å². The molecule has 0 amide bonds. The van der Waals surface area contributed by atoms with Crippen LogP contribution in [0.3, 0.4) is 0 Å². The molecule has 36 heavy (non-hydrogen) atoms. The van der Waals surface area contributed by atoms with Gasteiger partial charge in [0, 0.05) is 5.56 Å². The zero-order valence-corrected chi connectivity index (χ0v) is 22.2. The van der Waals surface area contributed by atoms with E-state index in [0.29, 0.717) is 23.1 Å². The summed E-state index contributed by atoms with van der Waals surface area (Å²) in [6.07, 6.45) is 15.1. The highest BCUT2D eigenvalue weighted by Crippen LogP contribution is 2.35. The van der Waals surface area contributed by atoms with Crippen LogP contribution in [-0.2, 0) is 12.8 Å². The molecule has 2 heteroatoms. The SMILES string of the molecule is CCCCCC1CCC(CCc2ccc(-c3ccc(-c4ccc(CCC)c(F)c4F)cc3)cc2)CC1. The molecule has 192 valence electrons. The van der Waals surface area contributed by atoms with Gasteiger partial charge in [-0.1, -0.05) is 132 Å². The summed E-state index contributed by atoms with van der Waals surface area (Å²) in [6.45, 7) is 4.26. The quantitative estimate of drug-likeness (QED) is 0.235. The van der Waals surface area contributed by atoms with Gasteiger partial charge in [-0.25, -0.2) is 8.78 Å². The Bertz CT molecular complexity index is 1070. The van der Waals surface area contributed by atoms with Crippen LogP contribution >= 0.6 is 0 Å². The summed E-state index contributed by atoms with van der Waals surface area (Å²) in [5, 5.41) is 0. The Morgan fingerprint density at radius 2 is 1.17 bits per heavy atom. The monoisotopic (exact) mass is 488 g/mol. The molecular weight excluding hydrogens is 446 g/mol. The van der Waals surface area contributed by atoms with Gasteiger partial charge in [-0.05, 0) is 58.9 Å². The van der Waals surface area contributed by atoms with Gasteiger partial charge in [0.1, 0.15) is 0 Å². The Hall–Kier alpha value is -2.48. The molecule has 1 fully saturated rings. The Balaban J connectivity index is 1.30. The van der Waals surface area contributed by atoms with E-state index in [1.54, 1.807) is 12.1 Å². The van der Waals surface area contributed by atoms with E-state index >= 15 is 0 Å². The normalized spacial score (nSPS) is 17.9. The summed E-state index contributed by atoms with van der Waals surface area (Å²) < 4.78 is 29.1. The van der Waals surface area contributed by atoms with Crippen molar-refractivity contribution in [1.82, 2.24) is 0 Å². The number of rotatable bonds is 11. The van der Waals surface area contributed by atoms with Crippen LogP contribution in [0.25, 0.3) is 22.3 Å². The number of unbranched alkanes of at least 4 members (excludes halogenated alkanes) is 2. The van der Waals surface area contributed by atoms with Gasteiger partial charge in [-0.2, -0.15) is 0 Å². The lowest BCUT2D eigenvalue weighted by molar-refractivity contribution is 0.249. The maximum atomic E-state index is 14.7. The zero-order chi connectivity index (χ0) is 25.3. The number of benzene rings is 3. The fourth-order valence-electron chi connectivity index (χ4n) is 5.84. The van der Waals surface area contributed by atoms with Crippen LogP contribution in [0.5, 0.6) is 0 Å². The highest BCUT2D eigenvalue weighted by Gasteiger charge is 2.20. The molecule has 1 saturated carbocycles. The lowest BCUT2D eigenvalue weighted by Crippen LogP contribution is -2.15. The standard InChI is InChI=1S/C34H42F2/c1-3-5-6-8-25-9-11-26(12-10-25)13-14-27-15-17-28(18-16-27)29-19-21-30(22-20-29)32-24-23-31(7-4-2)33(35)34(32)36/h15-26H,3-14H2,1-2H3. The number of hydrogen-bond donors (Lipinski definition) is 0. The highest BCUT2D eigenvalue weighted by molar-refractivity contribution is 5.71. The Morgan fingerprint density at radius 1 is 0.583 bits per heavy atom. The summed E-state index contributed by atoms with van der Waals surface area (Å²) in [6, 6.07) is 20.1. The number of halogens is 2. The summed E-state index contributed by atoms with van der Waals surface area (Å²) in [7, 11) is 0. The Morgan fingerprint density at radius 3 is 1.78 bits per heavy atom. The van der Waals surface area contributed by atoms with E-state index < -0.39 is 11.6 Å². The molecule has 0 radical (unpaired) electrons. The van der Waals surface area contributed by atoms with Gasteiger partial charge in [-0.15, -0.1) is 0 Å². The molecule has 1 aliphatic rings. The number of hydrogen-bond acceptors (Lipinski definition) is 0. The minimum absolute atomic E-state index is 0.323. The predicted octanol–water partition coefficient (Wildman–Crippen LogP) is 10.6. The van der Waals surface area contributed by atoms with Gasteiger partial charge in [0.25, 0.3) is 0 Å². The van der Waals surface area contributed by atoms with E-state index in [9.17, 15) is 8.78 Å². The van der Waals surface area contributed by atoms with Crippen molar-refractivity contribution in [3.8, 4) is 22.3 Å². The molecule has 0 aliphatic heterocycles. The molecule has 0 heterocycles. The molecule has 3 aromatic carbocycles. The molecule has 0 atom stereocenters. The van der Waals surface area contributed by atoms with Gasteiger partial charge < -0.3 is 0 Å². The smallest absolute Gasteiger partial charge is 0.166 e. The van der Waals surface area contributed by atoms with Gasteiger partial charge in [-0.3, -0.25) is 0 Å². The third-order valence-corrected chi connectivity index (χ3v) is 8.19.